The number of rotatable bonds is 3. The molecule has 2 rings (SSSR count). The Morgan fingerprint density at radius 2 is 2.28 bits per heavy atom. The van der Waals surface area contributed by atoms with Crippen molar-refractivity contribution in [2.24, 2.45) is 11.7 Å². The van der Waals surface area contributed by atoms with E-state index in [1.807, 2.05) is 6.92 Å². The van der Waals surface area contributed by atoms with Crippen LogP contribution in [0.4, 0.5) is 0 Å². The molecule has 0 spiro atoms. The molecule has 2 atom stereocenters. The second-order valence-corrected chi connectivity index (χ2v) is 9.31. The molecule has 0 aromatic carbocycles. The van der Waals surface area contributed by atoms with Gasteiger partial charge in [0.15, 0.2) is 0 Å². The van der Waals surface area contributed by atoms with Crippen LogP contribution in [0.25, 0.3) is 0 Å². The van der Waals surface area contributed by atoms with Gasteiger partial charge in [-0.1, -0.05) is 0 Å². The van der Waals surface area contributed by atoms with E-state index in [2.05, 4.69) is 15.9 Å². The quantitative estimate of drug-likeness (QED) is 0.907. The molecule has 1 aliphatic rings. The molecule has 0 radical (unpaired) electrons. The second kappa shape index (κ2) is 5.58. The van der Waals surface area contributed by atoms with Crippen LogP contribution in [0.15, 0.2) is 20.1 Å². The van der Waals surface area contributed by atoms with E-state index in [9.17, 15) is 8.42 Å². The normalized spacial score (nSPS) is 24.1. The SMILES string of the molecule is CC(N)C1CCCN(S(=O)(=O)c2ccc(Br)s2)C1. The van der Waals surface area contributed by atoms with E-state index in [-0.39, 0.29) is 12.0 Å². The lowest BCUT2D eigenvalue weighted by molar-refractivity contribution is 0.243. The maximum Gasteiger partial charge on any atom is 0.252 e. The standard InChI is InChI=1S/C11H17BrN2O2S2/c1-8(13)9-3-2-6-14(7-9)18(15,16)11-5-4-10(12)17-11/h4-5,8-9H,2-3,6-7,13H2,1H3. The zero-order valence-corrected chi connectivity index (χ0v) is 13.4. The van der Waals surface area contributed by atoms with E-state index in [4.69, 9.17) is 5.73 Å². The minimum Gasteiger partial charge on any atom is -0.328 e. The average Bonchev–Trinajstić information content (AvgIpc) is 2.77. The van der Waals surface area contributed by atoms with Crippen LogP contribution < -0.4 is 5.73 Å². The summed E-state index contributed by atoms with van der Waals surface area (Å²) in [7, 11) is -3.34. The number of nitrogens with two attached hydrogens (primary N) is 1. The van der Waals surface area contributed by atoms with Gasteiger partial charge in [0.2, 0.25) is 0 Å². The highest BCUT2D eigenvalue weighted by atomic mass is 79.9. The molecule has 0 saturated carbocycles. The average molecular weight is 353 g/mol. The fraction of sp³-hybridized carbons (Fsp3) is 0.636. The van der Waals surface area contributed by atoms with E-state index < -0.39 is 10.0 Å². The highest BCUT2D eigenvalue weighted by Gasteiger charge is 2.32. The minimum atomic E-state index is -3.34. The summed E-state index contributed by atoms with van der Waals surface area (Å²) < 4.78 is 27.7. The van der Waals surface area contributed by atoms with Crippen LogP contribution in [0.5, 0.6) is 0 Å². The second-order valence-electron chi connectivity index (χ2n) is 4.68. The predicted octanol–water partition coefficient (Wildman–Crippen LogP) is 2.26. The van der Waals surface area contributed by atoms with Crippen LogP contribution in [0, 0.1) is 5.92 Å². The Labute approximate surface area is 120 Å². The van der Waals surface area contributed by atoms with Crippen molar-refractivity contribution in [2.45, 2.75) is 30.0 Å². The first kappa shape index (κ1) is 14.5. The van der Waals surface area contributed by atoms with E-state index in [1.54, 1.807) is 16.4 Å². The summed E-state index contributed by atoms with van der Waals surface area (Å²) in [5.41, 5.74) is 5.89. The van der Waals surface area contributed by atoms with Gasteiger partial charge >= 0.3 is 0 Å². The van der Waals surface area contributed by atoms with Crippen molar-refractivity contribution in [3.63, 3.8) is 0 Å². The Hall–Kier alpha value is 0.0500. The highest BCUT2D eigenvalue weighted by molar-refractivity contribution is 9.11. The fourth-order valence-corrected chi connectivity index (χ4v) is 5.88. The number of halogens is 1. The molecule has 1 saturated heterocycles. The van der Waals surface area contributed by atoms with Gasteiger partial charge in [-0.3, -0.25) is 0 Å². The van der Waals surface area contributed by atoms with Gasteiger partial charge in [0.05, 0.1) is 3.79 Å². The molecule has 1 aromatic rings. The van der Waals surface area contributed by atoms with Gasteiger partial charge in [-0.15, -0.1) is 11.3 Å². The topological polar surface area (TPSA) is 63.4 Å². The summed E-state index contributed by atoms with van der Waals surface area (Å²) in [5, 5.41) is 0. The Kier molecular flexibility index (Phi) is 4.48. The molecule has 2 unspecified atom stereocenters. The monoisotopic (exact) mass is 352 g/mol. The largest absolute Gasteiger partial charge is 0.328 e. The number of nitrogens with zero attached hydrogens (tertiary/aromatic N) is 1. The molecule has 18 heavy (non-hydrogen) atoms. The number of piperidine rings is 1. The molecule has 102 valence electrons. The molecule has 2 heterocycles. The first-order valence-corrected chi connectivity index (χ1v) is 8.97. The van der Waals surface area contributed by atoms with Crippen molar-refractivity contribution in [2.75, 3.05) is 13.1 Å². The van der Waals surface area contributed by atoms with Crippen LogP contribution in [0.1, 0.15) is 19.8 Å². The first-order chi connectivity index (χ1) is 8.41. The summed E-state index contributed by atoms with van der Waals surface area (Å²) >= 11 is 4.55. The Morgan fingerprint density at radius 1 is 1.56 bits per heavy atom. The maximum atomic E-state index is 12.4. The van der Waals surface area contributed by atoms with E-state index >= 15 is 0 Å². The molecule has 2 N–H and O–H groups in total. The van der Waals surface area contributed by atoms with Gasteiger partial charge in [-0.25, -0.2) is 8.42 Å². The third-order valence-electron chi connectivity index (χ3n) is 3.31. The summed E-state index contributed by atoms with van der Waals surface area (Å²) in [6, 6.07) is 3.46. The number of hydrogen-bond acceptors (Lipinski definition) is 4. The number of sulfonamides is 1. The zero-order chi connectivity index (χ0) is 13.3. The van der Waals surface area contributed by atoms with Crippen molar-refractivity contribution in [1.29, 1.82) is 0 Å². The molecule has 1 fully saturated rings. The van der Waals surface area contributed by atoms with Gasteiger partial charge in [0.25, 0.3) is 10.0 Å². The molecule has 7 heteroatoms. The van der Waals surface area contributed by atoms with Crippen molar-refractivity contribution >= 4 is 37.3 Å². The predicted molar refractivity (Wildman–Crippen MR) is 77.2 cm³/mol. The molecule has 4 nitrogen and oxygen atoms in total. The van der Waals surface area contributed by atoms with Crippen molar-refractivity contribution in [3.05, 3.63) is 15.9 Å². The Bertz CT molecular complexity index is 513. The van der Waals surface area contributed by atoms with E-state index in [1.165, 1.54) is 11.3 Å². The third-order valence-corrected chi connectivity index (χ3v) is 7.26. The smallest absolute Gasteiger partial charge is 0.252 e. The minimum absolute atomic E-state index is 0.0399. The Morgan fingerprint density at radius 3 is 2.83 bits per heavy atom. The maximum absolute atomic E-state index is 12.4. The molecular formula is C11H17BrN2O2S2. The molecular weight excluding hydrogens is 336 g/mol. The lowest BCUT2D eigenvalue weighted by atomic mass is 9.93. The summed E-state index contributed by atoms with van der Waals surface area (Å²) in [4.78, 5) is 0. The van der Waals surface area contributed by atoms with Crippen LogP contribution in [-0.2, 0) is 10.0 Å². The van der Waals surface area contributed by atoms with E-state index in [0.29, 0.717) is 17.3 Å². The molecule has 0 bridgehead atoms. The highest BCUT2D eigenvalue weighted by Crippen LogP contribution is 2.31. The number of thiophene rings is 1. The van der Waals surface area contributed by atoms with Crippen molar-refractivity contribution in [3.8, 4) is 0 Å². The van der Waals surface area contributed by atoms with Crippen molar-refractivity contribution in [1.82, 2.24) is 4.31 Å². The van der Waals surface area contributed by atoms with Gasteiger partial charge in [-0.05, 0) is 53.7 Å². The number of hydrogen-bond donors (Lipinski definition) is 1. The van der Waals surface area contributed by atoms with E-state index in [0.717, 1.165) is 16.6 Å². The van der Waals surface area contributed by atoms with Crippen LogP contribution in [0.3, 0.4) is 0 Å². The van der Waals surface area contributed by atoms with Gasteiger partial charge < -0.3 is 5.73 Å². The summed E-state index contributed by atoms with van der Waals surface area (Å²) in [6.07, 6.45) is 1.90. The van der Waals surface area contributed by atoms with Crippen LogP contribution >= 0.6 is 27.3 Å². The van der Waals surface area contributed by atoms with Gasteiger partial charge in [-0.2, -0.15) is 4.31 Å². The van der Waals surface area contributed by atoms with Gasteiger partial charge in [0, 0.05) is 19.1 Å². The summed E-state index contributed by atoms with van der Waals surface area (Å²) in [6.45, 7) is 3.08. The van der Waals surface area contributed by atoms with Crippen LogP contribution in [-0.4, -0.2) is 31.9 Å². The van der Waals surface area contributed by atoms with Crippen molar-refractivity contribution < 1.29 is 8.42 Å². The first-order valence-electron chi connectivity index (χ1n) is 5.92. The fourth-order valence-electron chi connectivity index (χ4n) is 2.19. The van der Waals surface area contributed by atoms with Crippen LogP contribution in [0.2, 0.25) is 0 Å². The molecule has 1 aliphatic heterocycles. The molecule has 0 amide bonds. The Balaban J connectivity index is 2.20. The molecule has 1 aromatic heterocycles. The lowest BCUT2D eigenvalue weighted by Crippen LogP contribution is -2.44. The lowest BCUT2D eigenvalue weighted by Gasteiger charge is -2.33. The third kappa shape index (κ3) is 2.96. The van der Waals surface area contributed by atoms with Gasteiger partial charge in [0.1, 0.15) is 4.21 Å². The zero-order valence-electron chi connectivity index (χ0n) is 10.2. The summed E-state index contributed by atoms with van der Waals surface area (Å²) in [5.74, 6) is 0.261. The molecule has 0 aliphatic carbocycles.